The molecule has 1 atom stereocenters. The predicted octanol–water partition coefficient (Wildman–Crippen LogP) is 2.71. The first-order valence-electron chi connectivity index (χ1n) is 5.38. The summed E-state index contributed by atoms with van der Waals surface area (Å²) in [6.45, 7) is 7.36. The molecule has 0 aliphatic carbocycles. The molecule has 0 aliphatic rings. The van der Waals surface area contributed by atoms with Crippen LogP contribution in [-0.2, 0) is 9.53 Å². The summed E-state index contributed by atoms with van der Waals surface area (Å²) in [4.78, 5) is 11.8. The standard InChI is InChI=1S/C13H19NO2/c1-9(12(15)16-13(2,3)4)10-7-5-6-8-11(10)14/h5-9H,14H2,1-4H3/t9-/m1/s1. The summed E-state index contributed by atoms with van der Waals surface area (Å²) in [6, 6.07) is 7.35. The quantitative estimate of drug-likeness (QED) is 0.617. The van der Waals surface area contributed by atoms with Gasteiger partial charge in [0.2, 0.25) is 0 Å². The van der Waals surface area contributed by atoms with Crippen LogP contribution in [0, 0.1) is 0 Å². The summed E-state index contributed by atoms with van der Waals surface area (Å²) < 4.78 is 5.31. The molecule has 0 fully saturated rings. The Bertz CT molecular complexity index is 380. The lowest BCUT2D eigenvalue weighted by Crippen LogP contribution is -2.27. The Hall–Kier alpha value is -1.51. The van der Waals surface area contributed by atoms with Crippen molar-refractivity contribution >= 4 is 11.7 Å². The van der Waals surface area contributed by atoms with Crippen LogP contribution < -0.4 is 5.73 Å². The van der Waals surface area contributed by atoms with Crippen molar-refractivity contribution in [3.05, 3.63) is 29.8 Å². The average molecular weight is 221 g/mol. The van der Waals surface area contributed by atoms with Crippen molar-refractivity contribution < 1.29 is 9.53 Å². The topological polar surface area (TPSA) is 52.3 Å². The summed E-state index contributed by atoms with van der Waals surface area (Å²) in [5.41, 5.74) is 6.79. The summed E-state index contributed by atoms with van der Waals surface area (Å²) in [5.74, 6) is -0.578. The first-order valence-corrected chi connectivity index (χ1v) is 5.38. The smallest absolute Gasteiger partial charge is 0.313 e. The van der Waals surface area contributed by atoms with E-state index in [4.69, 9.17) is 10.5 Å². The number of nitrogen functional groups attached to an aromatic ring is 1. The monoisotopic (exact) mass is 221 g/mol. The zero-order valence-corrected chi connectivity index (χ0v) is 10.3. The number of esters is 1. The highest BCUT2D eigenvalue weighted by Crippen LogP contribution is 2.24. The zero-order chi connectivity index (χ0) is 12.3. The highest BCUT2D eigenvalue weighted by atomic mass is 16.6. The van der Waals surface area contributed by atoms with E-state index < -0.39 is 5.60 Å². The molecule has 0 amide bonds. The molecular formula is C13H19NO2. The van der Waals surface area contributed by atoms with Gasteiger partial charge in [0, 0.05) is 5.69 Å². The van der Waals surface area contributed by atoms with Crippen molar-refractivity contribution in [1.29, 1.82) is 0 Å². The Morgan fingerprint density at radius 3 is 2.38 bits per heavy atom. The lowest BCUT2D eigenvalue weighted by Gasteiger charge is -2.22. The van der Waals surface area contributed by atoms with E-state index in [-0.39, 0.29) is 11.9 Å². The molecule has 0 bridgehead atoms. The Morgan fingerprint density at radius 2 is 1.88 bits per heavy atom. The number of carbonyl (C=O) groups excluding carboxylic acids is 1. The Labute approximate surface area is 96.6 Å². The third kappa shape index (κ3) is 3.26. The molecular weight excluding hydrogens is 202 g/mol. The second-order valence-corrected chi connectivity index (χ2v) is 4.88. The van der Waals surface area contributed by atoms with Gasteiger partial charge in [-0.1, -0.05) is 18.2 Å². The number of anilines is 1. The van der Waals surface area contributed by atoms with Gasteiger partial charge in [-0.3, -0.25) is 4.79 Å². The molecule has 0 aliphatic heterocycles. The number of hydrogen-bond donors (Lipinski definition) is 1. The SMILES string of the molecule is C[C@@H](C(=O)OC(C)(C)C)c1ccccc1N. The molecule has 0 unspecified atom stereocenters. The second-order valence-electron chi connectivity index (χ2n) is 4.88. The molecule has 2 N–H and O–H groups in total. The van der Waals surface area contributed by atoms with Gasteiger partial charge in [-0.25, -0.2) is 0 Å². The van der Waals surface area contributed by atoms with Crippen LogP contribution in [0.1, 0.15) is 39.2 Å². The predicted molar refractivity (Wildman–Crippen MR) is 65.1 cm³/mol. The highest BCUT2D eigenvalue weighted by Gasteiger charge is 2.23. The lowest BCUT2D eigenvalue weighted by atomic mass is 9.99. The third-order valence-electron chi connectivity index (χ3n) is 2.22. The van der Waals surface area contributed by atoms with Gasteiger partial charge in [0.1, 0.15) is 5.60 Å². The molecule has 1 aromatic carbocycles. The maximum Gasteiger partial charge on any atom is 0.313 e. The van der Waals surface area contributed by atoms with Crippen LogP contribution in [-0.4, -0.2) is 11.6 Å². The molecule has 1 aromatic rings. The number of benzene rings is 1. The fraction of sp³-hybridized carbons (Fsp3) is 0.462. The van der Waals surface area contributed by atoms with Crippen molar-refractivity contribution in [3.63, 3.8) is 0 Å². The summed E-state index contributed by atoms with van der Waals surface area (Å²) in [5, 5.41) is 0. The molecule has 3 heteroatoms. The number of rotatable bonds is 2. The normalized spacial score (nSPS) is 13.2. The van der Waals surface area contributed by atoms with Gasteiger partial charge in [-0.2, -0.15) is 0 Å². The van der Waals surface area contributed by atoms with Gasteiger partial charge >= 0.3 is 5.97 Å². The largest absolute Gasteiger partial charge is 0.460 e. The Morgan fingerprint density at radius 1 is 1.31 bits per heavy atom. The van der Waals surface area contributed by atoms with Crippen LogP contribution in [0.5, 0.6) is 0 Å². The molecule has 0 saturated heterocycles. The van der Waals surface area contributed by atoms with Gasteiger partial charge in [-0.15, -0.1) is 0 Å². The minimum absolute atomic E-state index is 0.245. The lowest BCUT2D eigenvalue weighted by molar-refractivity contribution is -0.156. The molecule has 0 saturated carbocycles. The number of para-hydroxylation sites is 1. The van der Waals surface area contributed by atoms with E-state index in [2.05, 4.69) is 0 Å². The fourth-order valence-corrected chi connectivity index (χ4v) is 1.42. The van der Waals surface area contributed by atoms with E-state index in [1.807, 2.05) is 39.0 Å². The van der Waals surface area contributed by atoms with Crippen molar-refractivity contribution in [2.24, 2.45) is 0 Å². The average Bonchev–Trinajstić information content (AvgIpc) is 2.15. The van der Waals surface area contributed by atoms with Gasteiger partial charge in [0.25, 0.3) is 0 Å². The summed E-state index contributed by atoms with van der Waals surface area (Å²) in [7, 11) is 0. The van der Waals surface area contributed by atoms with Crippen molar-refractivity contribution in [2.75, 3.05) is 5.73 Å². The van der Waals surface area contributed by atoms with E-state index in [9.17, 15) is 4.79 Å². The minimum Gasteiger partial charge on any atom is -0.460 e. The third-order valence-corrected chi connectivity index (χ3v) is 2.22. The van der Waals surface area contributed by atoms with Crippen LogP contribution in [0.4, 0.5) is 5.69 Å². The summed E-state index contributed by atoms with van der Waals surface area (Å²) in [6.07, 6.45) is 0. The summed E-state index contributed by atoms with van der Waals surface area (Å²) >= 11 is 0. The maximum absolute atomic E-state index is 11.8. The maximum atomic E-state index is 11.8. The van der Waals surface area contributed by atoms with Crippen LogP contribution in [0.25, 0.3) is 0 Å². The number of hydrogen-bond acceptors (Lipinski definition) is 3. The zero-order valence-electron chi connectivity index (χ0n) is 10.3. The van der Waals surface area contributed by atoms with Crippen LogP contribution in [0.2, 0.25) is 0 Å². The molecule has 0 aromatic heterocycles. The highest BCUT2D eigenvalue weighted by molar-refractivity contribution is 5.80. The van der Waals surface area contributed by atoms with E-state index in [0.717, 1.165) is 5.56 Å². The van der Waals surface area contributed by atoms with Gasteiger partial charge in [0.05, 0.1) is 5.92 Å². The van der Waals surface area contributed by atoms with Gasteiger partial charge in [0.15, 0.2) is 0 Å². The second kappa shape index (κ2) is 4.56. The molecule has 3 nitrogen and oxygen atoms in total. The first-order chi connectivity index (χ1) is 7.31. The first kappa shape index (κ1) is 12.6. The van der Waals surface area contributed by atoms with Crippen molar-refractivity contribution in [1.82, 2.24) is 0 Å². The number of nitrogens with two attached hydrogens (primary N) is 1. The van der Waals surface area contributed by atoms with Gasteiger partial charge < -0.3 is 10.5 Å². The van der Waals surface area contributed by atoms with Crippen LogP contribution >= 0.6 is 0 Å². The molecule has 0 radical (unpaired) electrons. The van der Waals surface area contributed by atoms with E-state index >= 15 is 0 Å². The van der Waals surface area contributed by atoms with E-state index in [1.165, 1.54) is 0 Å². The van der Waals surface area contributed by atoms with Crippen LogP contribution in [0.3, 0.4) is 0 Å². The van der Waals surface area contributed by atoms with E-state index in [0.29, 0.717) is 5.69 Å². The molecule has 1 rings (SSSR count). The molecule has 0 heterocycles. The van der Waals surface area contributed by atoms with E-state index in [1.54, 1.807) is 13.0 Å². The number of carbonyl (C=O) groups is 1. The van der Waals surface area contributed by atoms with Gasteiger partial charge in [-0.05, 0) is 39.3 Å². The van der Waals surface area contributed by atoms with Crippen molar-refractivity contribution in [2.45, 2.75) is 39.2 Å². The Kier molecular flexibility index (Phi) is 3.58. The number of ether oxygens (including phenoxy) is 1. The van der Waals surface area contributed by atoms with Crippen molar-refractivity contribution in [3.8, 4) is 0 Å². The Balaban J connectivity index is 2.83. The molecule has 88 valence electrons. The van der Waals surface area contributed by atoms with Crippen LogP contribution in [0.15, 0.2) is 24.3 Å². The molecule has 16 heavy (non-hydrogen) atoms. The minimum atomic E-state index is -0.463. The fourth-order valence-electron chi connectivity index (χ4n) is 1.42. The molecule has 0 spiro atoms.